The molecule has 2 atom stereocenters. The van der Waals surface area contributed by atoms with E-state index in [2.05, 4.69) is 10.7 Å². The molecule has 0 aliphatic carbocycles. The fraction of sp³-hybridized carbons (Fsp3) is 0.432. The van der Waals surface area contributed by atoms with Crippen LogP contribution in [0.4, 0.5) is 0 Å². The van der Waals surface area contributed by atoms with E-state index in [1.54, 1.807) is 46.3 Å². The number of unbranched alkanes of at least 4 members (excludes halogenated alkanes) is 1. The number of sulfonamides is 1. The first-order chi connectivity index (χ1) is 23.8. The van der Waals surface area contributed by atoms with Gasteiger partial charge in [0.05, 0.1) is 17.0 Å². The van der Waals surface area contributed by atoms with Crippen LogP contribution in [-0.4, -0.2) is 103 Å². The number of benzene rings is 3. The van der Waals surface area contributed by atoms with E-state index >= 15 is 0 Å². The quantitative estimate of drug-likeness (QED) is 0.136. The molecule has 0 heterocycles. The normalized spacial score (nSPS) is 12.8. The summed E-state index contributed by atoms with van der Waals surface area (Å²) >= 11 is 0. The van der Waals surface area contributed by atoms with Gasteiger partial charge in [-0.3, -0.25) is 19.8 Å². The molecule has 0 aromatic heterocycles. The summed E-state index contributed by atoms with van der Waals surface area (Å²) in [7, 11) is -1.29. The first kappa shape index (κ1) is 40.1. The van der Waals surface area contributed by atoms with Crippen molar-refractivity contribution in [3.8, 4) is 5.75 Å². The number of hydrazine groups is 1. The summed E-state index contributed by atoms with van der Waals surface area (Å²) in [6.45, 7) is 7.23. The van der Waals surface area contributed by atoms with Crippen molar-refractivity contribution in [3.63, 3.8) is 0 Å². The van der Waals surface area contributed by atoms with E-state index < -0.39 is 28.1 Å². The maximum atomic E-state index is 14.0. The Morgan fingerprint density at radius 1 is 0.780 bits per heavy atom. The third-order valence-electron chi connectivity index (χ3n) is 8.13. The molecule has 3 aromatic rings. The molecule has 0 radical (unpaired) electrons. The number of amides is 3. The molecule has 0 saturated heterocycles. The number of nitrogens with one attached hydrogen (secondary N) is 2. The van der Waals surface area contributed by atoms with Crippen molar-refractivity contribution in [1.29, 1.82) is 0 Å². The molecular weight excluding hydrogens is 659 g/mol. The maximum Gasteiger partial charge on any atom is 0.265 e. The molecule has 50 heavy (non-hydrogen) atoms. The molecular formula is C37H51N5O7S. The minimum absolute atomic E-state index is 0.0383. The molecule has 0 aliphatic heterocycles. The van der Waals surface area contributed by atoms with Crippen LogP contribution >= 0.6 is 0 Å². The Hall–Kier alpha value is -4.30. The van der Waals surface area contributed by atoms with E-state index in [0.717, 1.165) is 17.1 Å². The van der Waals surface area contributed by atoms with Gasteiger partial charge in [-0.15, -0.1) is 0 Å². The second kappa shape index (κ2) is 19.2. The largest absolute Gasteiger partial charge is 0.508 e. The smallest absolute Gasteiger partial charge is 0.265 e. The third-order valence-corrected chi connectivity index (χ3v) is 9.92. The summed E-state index contributed by atoms with van der Waals surface area (Å²) < 4.78 is 27.6. The van der Waals surface area contributed by atoms with Gasteiger partial charge in [0.15, 0.2) is 0 Å². The lowest BCUT2D eigenvalue weighted by atomic mass is 9.99. The number of hydrogen-bond acceptors (Lipinski definition) is 8. The Bertz CT molecular complexity index is 1660. The molecule has 0 fully saturated rings. The van der Waals surface area contributed by atoms with E-state index in [0.29, 0.717) is 43.6 Å². The van der Waals surface area contributed by atoms with E-state index in [4.69, 9.17) is 0 Å². The van der Waals surface area contributed by atoms with E-state index in [1.807, 2.05) is 26.8 Å². The van der Waals surface area contributed by atoms with Crippen LogP contribution in [0.3, 0.4) is 0 Å². The van der Waals surface area contributed by atoms with Crippen molar-refractivity contribution in [2.75, 3.05) is 40.3 Å². The second-order valence-corrected chi connectivity index (χ2v) is 14.6. The minimum Gasteiger partial charge on any atom is -0.508 e. The zero-order valence-electron chi connectivity index (χ0n) is 29.6. The molecule has 3 aromatic carbocycles. The molecule has 3 rings (SSSR count). The van der Waals surface area contributed by atoms with Crippen LogP contribution in [-0.2, 0) is 16.4 Å². The molecule has 0 bridgehead atoms. The molecule has 4 N–H and O–H groups in total. The number of carbonyl (C=O) groups excluding carboxylic acids is 3. The monoisotopic (exact) mass is 709 g/mol. The number of nitrogens with zero attached hydrogens (tertiary/aromatic N) is 3. The predicted octanol–water partition coefficient (Wildman–Crippen LogP) is 4.05. The van der Waals surface area contributed by atoms with Crippen LogP contribution in [0.1, 0.15) is 83.1 Å². The first-order valence-electron chi connectivity index (χ1n) is 17.0. The van der Waals surface area contributed by atoms with Crippen LogP contribution in [0.5, 0.6) is 5.75 Å². The van der Waals surface area contributed by atoms with Gasteiger partial charge in [0.25, 0.3) is 17.7 Å². The number of phenolic OH excluding ortho intramolecular Hbond substituents is 1. The van der Waals surface area contributed by atoms with E-state index in [1.165, 1.54) is 44.4 Å². The van der Waals surface area contributed by atoms with Crippen LogP contribution in [0.2, 0.25) is 0 Å². The van der Waals surface area contributed by atoms with Gasteiger partial charge in [0.1, 0.15) is 5.75 Å². The third kappa shape index (κ3) is 11.4. The Kier molecular flexibility index (Phi) is 15.4. The van der Waals surface area contributed by atoms with Gasteiger partial charge in [0.2, 0.25) is 10.0 Å². The Morgan fingerprint density at radius 3 is 1.98 bits per heavy atom. The SMILES string of the molecule is CCCCN(CC(O)C(Cc1ccc(O)cc1)NC(=O)c1cc(C(=O)N(CCC)CCC)cc(S(=O)(=O)N(C)C)c1)NC(=O)c1ccccc1. The Labute approximate surface area is 296 Å². The van der Waals surface area contributed by atoms with Crippen molar-refractivity contribution in [3.05, 3.63) is 95.1 Å². The molecule has 13 heteroatoms. The standard InChI is InChI=1S/C37H51N5O7S/c1-6-9-21-42(39-36(46)28-13-11-10-12-14-28)26-34(44)33(22-27-15-17-31(43)18-16-27)38-35(45)29-23-30(37(47)41(19-7-2)20-8-3)25-32(24-29)50(48,49)40(4)5/h10-18,23-25,33-34,43-44H,6-9,19-22,26H2,1-5H3,(H,38,45)(H,39,46). The molecule has 12 nitrogen and oxygen atoms in total. The van der Waals surface area contributed by atoms with Gasteiger partial charge < -0.3 is 20.4 Å². The minimum atomic E-state index is -4.03. The second-order valence-electron chi connectivity index (χ2n) is 12.5. The van der Waals surface area contributed by atoms with Crippen molar-refractivity contribution >= 4 is 27.7 Å². The van der Waals surface area contributed by atoms with Gasteiger partial charge >= 0.3 is 0 Å². The van der Waals surface area contributed by atoms with Crippen molar-refractivity contribution in [2.45, 2.75) is 69.9 Å². The summed E-state index contributed by atoms with van der Waals surface area (Å²) in [5.41, 5.74) is 4.02. The molecule has 0 aliphatic rings. The van der Waals surface area contributed by atoms with E-state index in [-0.39, 0.29) is 46.6 Å². The molecule has 0 saturated carbocycles. The van der Waals surface area contributed by atoms with Gasteiger partial charge in [0, 0.05) is 57.0 Å². The number of aliphatic hydroxyl groups excluding tert-OH is 1. The zero-order valence-corrected chi connectivity index (χ0v) is 30.4. The highest BCUT2D eigenvalue weighted by Gasteiger charge is 2.28. The summed E-state index contributed by atoms with van der Waals surface area (Å²) in [4.78, 5) is 42.1. The number of phenols is 1. The number of hydrogen-bond donors (Lipinski definition) is 4. The Morgan fingerprint density at radius 2 is 1.40 bits per heavy atom. The van der Waals surface area contributed by atoms with Crippen LogP contribution in [0, 0.1) is 0 Å². The molecule has 272 valence electrons. The highest BCUT2D eigenvalue weighted by Crippen LogP contribution is 2.21. The highest BCUT2D eigenvalue weighted by molar-refractivity contribution is 7.89. The summed E-state index contributed by atoms with van der Waals surface area (Å²) in [5.74, 6) is -1.37. The van der Waals surface area contributed by atoms with E-state index in [9.17, 15) is 33.0 Å². The average Bonchev–Trinajstić information content (AvgIpc) is 3.10. The first-order valence-corrected chi connectivity index (χ1v) is 18.5. The fourth-order valence-corrected chi connectivity index (χ4v) is 6.34. The van der Waals surface area contributed by atoms with Gasteiger partial charge in [-0.1, -0.05) is 57.5 Å². The lowest BCUT2D eigenvalue weighted by Crippen LogP contribution is -2.53. The lowest BCUT2D eigenvalue weighted by molar-refractivity contribution is 0.0446. The number of aliphatic hydroxyl groups is 1. The molecule has 3 amide bonds. The summed E-state index contributed by atoms with van der Waals surface area (Å²) in [5, 5.41) is 26.0. The maximum absolute atomic E-state index is 14.0. The predicted molar refractivity (Wildman–Crippen MR) is 193 cm³/mol. The van der Waals surface area contributed by atoms with Crippen LogP contribution in [0.15, 0.2) is 77.7 Å². The van der Waals surface area contributed by atoms with Gasteiger partial charge in [-0.05, 0) is 73.7 Å². The van der Waals surface area contributed by atoms with Crippen molar-refractivity contribution < 1.29 is 33.0 Å². The lowest BCUT2D eigenvalue weighted by Gasteiger charge is -2.30. The molecule has 2 unspecified atom stereocenters. The number of carbonyl (C=O) groups is 3. The van der Waals surface area contributed by atoms with Crippen LogP contribution < -0.4 is 10.7 Å². The van der Waals surface area contributed by atoms with Crippen LogP contribution in [0.25, 0.3) is 0 Å². The average molecular weight is 710 g/mol. The Balaban J connectivity index is 2.00. The fourth-order valence-electron chi connectivity index (χ4n) is 5.36. The zero-order chi connectivity index (χ0) is 36.8. The summed E-state index contributed by atoms with van der Waals surface area (Å²) in [6, 6.07) is 18.0. The topological polar surface area (TPSA) is 160 Å². The van der Waals surface area contributed by atoms with Crippen molar-refractivity contribution in [2.24, 2.45) is 0 Å². The van der Waals surface area contributed by atoms with Gasteiger partial charge in [-0.25, -0.2) is 17.7 Å². The highest BCUT2D eigenvalue weighted by atomic mass is 32.2. The summed E-state index contributed by atoms with van der Waals surface area (Å²) in [6.07, 6.45) is 1.90. The number of rotatable bonds is 19. The number of aromatic hydroxyl groups is 1. The van der Waals surface area contributed by atoms with Gasteiger partial charge in [-0.2, -0.15) is 0 Å². The molecule has 0 spiro atoms. The van der Waals surface area contributed by atoms with Crippen molar-refractivity contribution in [1.82, 2.24) is 25.0 Å².